The fraction of sp³-hybridized carbons (Fsp3) is 0.333. The lowest BCUT2D eigenvalue weighted by Crippen LogP contribution is -2.46. The summed E-state index contributed by atoms with van der Waals surface area (Å²) in [6.45, 7) is 8.79. The first-order valence-electron chi connectivity index (χ1n) is 12.0. The number of aromatic nitrogens is 4. The van der Waals surface area contributed by atoms with Gasteiger partial charge in [0, 0.05) is 69.2 Å². The predicted octanol–water partition coefficient (Wildman–Crippen LogP) is 4.18. The summed E-state index contributed by atoms with van der Waals surface area (Å²) < 4.78 is 5.79. The fourth-order valence-electron chi connectivity index (χ4n) is 4.48. The van der Waals surface area contributed by atoms with Gasteiger partial charge in [0.25, 0.3) is 0 Å². The number of aliphatic imine (C=N–C) groups is 1. The molecule has 0 atom stereocenters. The van der Waals surface area contributed by atoms with Gasteiger partial charge >= 0.3 is 0 Å². The summed E-state index contributed by atoms with van der Waals surface area (Å²) in [4.78, 5) is 18.0. The molecule has 4 heterocycles. The van der Waals surface area contributed by atoms with E-state index in [0.29, 0.717) is 5.88 Å². The second kappa shape index (κ2) is 10.2. The van der Waals surface area contributed by atoms with Crippen LogP contribution in [0.15, 0.2) is 59.9 Å². The summed E-state index contributed by atoms with van der Waals surface area (Å²) in [7, 11) is 1.80. The van der Waals surface area contributed by atoms with Gasteiger partial charge in [0.1, 0.15) is 11.5 Å². The lowest BCUT2D eigenvalue weighted by molar-refractivity contribution is 0.233. The maximum atomic E-state index is 5.79. The molecule has 1 aliphatic rings. The zero-order valence-corrected chi connectivity index (χ0v) is 20.5. The molecule has 0 saturated carbocycles. The standard InChI is InChI=1S/C27H31N7O/c1-19(2)35-26-15-23-24(17-30-26)31-32-27(23)22-7-8-29-25(14-22)34-11-9-33(10-12-34)18-21-6-4-5-20(13-21)16-28-3/h4-8,13-17,19H,9-12,18H2,1-3H3,(H,31,32). The number of aromatic amines is 1. The maximum absolute atomic E-state index is 5.79. The van der Waals surface area contributed by atoms with Crippen LogP contribution >= 0.6 is 0 Å². The molecule has 0 aliphatic carbocycles. The number of nitrogens with one attached hydrogen (secondary N) is 1. The number of piperazine rings is 1. The van der Waals surface area contributed by atoms with Crippen LogP contribution in [0.5, 0.6) is 5.88 Å². The Hall–Kier alpha value is -3.78. The Kier molecular flexibility index (Phi) is 6.72. The van der Waals surface area contributed by atoms with Crippen LogP contribution in [0.2, 0.25) is 0 Å². The SMILES string of the molecule is CN=Cc1cccc(CN2CCN(c3cc(-c4n[nH]c5cnc(OC(C)C)cc45)ccn3)CC2)c1. The second-order valence-corrected chi connectivity index (χ2v) is 9.11. The molecule has 1 fully saturated rings. The Morgan fingerprint density at radius 3 is 2.74 bits per heavy atom. The summed E-state index contributed by atoms with van der Waals surface area (Å²) >= 11 is 0. The van der Waals surface area contributed by atoms with Crippen LogP contribution in [0.25, 0.3) is 22.2 Å². The van der Waals surface area contributed by atoms with Crippen molar-refractivity contribution in [2.24, 2.45) is 4.99 Å². The number of fused-ring (bicyclic) bond motifs is 1. The number of H-pyrrole nitrogens is 1. The molecule has 0 radical (unpaired) electrons. The zero-order chi connectivity index (χ0) is 24.2. The Morgan fingerprint density at radius 2 is 1.94 bits per heavy atom. The van der Waals surface area contributed by atoms with Crippen LogP contribution in [0.3, 0.4) is 0 Å². The lowest BCUT2D eigenvalue weighted by Gasteiger charge is -2.35. The average Bonchev–Trinajstić information content (AvgIpc) is 3.28. The number of rotatable bonds is 7. The third kappa shape index (κ3) is 5.33. The van der Waals surface area contributed by atoms with E-state index in [2.05, 4.69) is 65.3 Å². The number of nitrogens with zero attached hydrogens (tertiary/aromatic N) is 6. The predicted molar refractivity (Wildman–Crippen MR) is 140 cm³/mol. The first-order chi connectivity index (χ1) is 17.1. The van der Waals surface area contributed by atoms with Crippen LogP contribution in [-0.2, 0) is 6.54 Å². The van der Waals surface area contributed by atoms with E-state index < -0.39 is 0 Å². The summed E-state index contributed by atoms with van der Waals surface area (Å²) in [5.74, 6) is 1.58. The summed E-state index contributed by atoms with van der Waals surface area (Å²) in [5, 5.41) is 8.65. The molecule has 5 rings (SSSR count). The molecule has 1 aliphatic heterocycles. The number of hydrogen-bond acceptors (Lipinski definition) is 7. The van der Waals surface area contributed by atoms with Gasteiger partial charge in [-0.05, 0) is 43.2 Å². The van der Waals surface area contributed by atoms with Crippen molar-refractivity contribution in [3.63, 3.8) is 0 Å². The minimum absolute atomic E-state index is 0.0654. The fourth-order valence-corrected chi connectivity index (χ4v) is 4.48. The molecule has 35 heavy (non-hydrogen) atoms. The molecular weight excluding hydrogens is 438 g/mol. The Morgan fingerprint density at radius 1 is 1.09 bits per heavy atom. The maximum Gasteiger partial charge on any atom is 0.214 e. The molecule has 0 unspecified atom stereocenters. The zero-order valence-electron chi connectivity index (χ0n) is 20.5. The average molecular weight is 470 g/mol. The van der Waals surface area contributed by atoms with Crippen molar-refractivity contribution in [2.45, 2.75) is 26.5 Å². The highest BCUT2D eigenvalue weighted by molar-refractivity contribution is 5.93. The van der Waals surface area contributed by atoms with Gasteiger partial charge in [-0.2, -0.15) is 5.10 Å². The van der Waals surface area contributed by atoms with Gasteiger partial charge in [-0.1, -0.05) is 18.2 Å². The van der Waals surface area contributed by atoms with Crippen LogP contribution in [-0.4, -0.2) is 70.6 Å². The molecule has 0 bridgehead atoms. The molecule has 1 aromatic carbocycles. The van der Waals surface area contributed by atoms with Crippen LogP contribution in [0.1, 0.15) is 25.0 Å². The molecule has 8 heteroatoms. The molecule has 8 nitrogen and oxygen atoms in total. The Bertz CT molecular complexity index is 1320. The minimum Gasteiger partial charge on any atom is -0.475 e. The quantitative estimate of drug-likeness (QED) is 0.409. The molecule has 0 spiro atoms. The van der Waals surface area contributed by atoms with Gasteiger partial charge in [0.2, 0.25) is 5.88 Å². The molecule has 0 amide bonds. The third-order valence-electron chi connectivity index (χ3n) is 6.13. The highest BCUT2D eigenvalue weighted by atomic mass is 16.5. The van der Waals surface area contributed by atoms with E-state index in [1.165, 1.54) is 5.56 Å². The van der Waals surface area contributed by atoms with Crippen molar-refractivity contribution in [2.75, 3.05) is 38.1 Å². The van der Waals surface area contributed by atoms with Crippen molar-refractivity contribution in [1.82, 2.24) is 25.1 Å². The Labute approximate surface area is 205 Å². The summed E-state index contributed by atoms with van der Waals surface area (Å²) in [6.07, 6.45) is 5.61. The first kappa shape index (κ1) is 23.0. The molecule has 180 valence electrons. The van der Waals surface area contributed by atoms with Gasteiger partial charge < -0.3 is 9.64 Å². The van der Waals surface area contributed by atoms with Crippen LogP contribution < -0.4 is 9.64 Å². The molecule has 1 saturated heterocycles. The van der Waals surface area contributed by atoms with E-state index in [4.69, 9.17) is 4.74 Å². The van der Waals surface area contributed by atoms with Crippen molar-refractivity contribution >= 4 is 22.9 Å². The van der Waals surface area contributed by atoms with E-state index in [1.807, 2.05) is 38.4 Å². The smallest absolute Gasteiger partial charge is 0.214 e. The van der Waals surface area contributed by atoms with Gasteiger partial charge in [-0.3, -0.25) is 15.0 Å². The van der Waals surface area contributed by atoms with Crippen LogP contribution in [0.4, 0.5) is 5.82 Å². The Balaban J connectivity index is 1.28. The summed E-state index contributed by atoms with van der Waals surface area (Å²) in [5.41, 5.74) is 5.26. The lowest BCUT2D eigenvalue weighted by atomic mass is 10.1. The topological polar surface area (TPSA) is 82.5 Å². The monoisotopic (exact) mass is 469 g/mol. The van der Waals surface area contributed by atoms with E-state index in [-0.39, 0.29) is 6.10 Å². The van der Waals surface area contributed by atoms with Crippen molar-refractivity contribution < 1.29 is 4.74 Å². The van der Waals surface area contributed by atoms with Gasteiger partial charge in [-0.15, -0.1) is 0 Å². The second-order valence-electron chi connectivity index (χ2n) is 9.11. The number of hydrogen-bond donors (Lipinski definition) is 1. The molecule has 3 aromatic heterocycles. The van der Waals surface area contributed by atoms with Gasteiger partial charge in [-0.25, -0.2) is 9.97 Å². The highest BCUT2D eigenvalue weighted by Gasteiger charge is 2.19. The summed E-state index contributed by atoms with van der Waals surface area (Å²) in [6, 6.07) is 14.7. The van der Waals surface area contributed by atoms with Crippen molar-refractivity contribution in [3.05, 3.63) is 66.0 Å². The number of benzene rings is 1. The molecule has 1 N–H and O–H groups in total. The van der Waals surface area contributed by atoms with Crippen molar-refractivity contribution in [1.29, 1.82) is 0 Å². The number of pyridine rings is 2. The van der Waals surface area contributed by atoms with E-state index in [1.54, 1.807) is 13.2 Å². The molecule has 4 aromatic rings. The first-order valence-corrected chi connectivity index (χ1v) is 12.0. The van der Waals surface area contributed by atoms with E-state index in [0.717, 1.165) is 66.3 Å². The van der Waals surface area contributed by atoms with E-state index in [9.17, 15) is 0 Å². The van der Waals surface area contributed by atoms with Crippen molar-refractivity contribution in [3.8, 4) is 17.1 Å². The van der Waals surface area contributed by atoms with Gasteiger partial charge in [0.15, 0.2) is 0 Å². The van der Waals surface area contributed by atoms with Crippen LogP contribution in [0, 0.1) is 0 Å². The highest BCUT2D eigenvalue weighted by Crippen LogP contribution is 2.30. The normalized spacial score (nSPS) is 14.9. The van der Waals surface area contributed by atoms with Gasteiger partial charge in [0.05, 0.1) is 17.8 Å². The number of ether oxygens (including phenoxy) is 1. The molecular formula is C27H31N7O. The largest absolute Gasteiger partial charge is 0.475 e. The van der Waals surface area contributed by atoms with E-state index >= 15 is 0 Å². The number of anilines is 1. The minimum atomic E-state index is 0.0654. The third-order valence-corrected chi connectivity index (χ3v) is 6.13.